The van der Waals surface area contributed by atoms with Crippen LogP contribution < -0.4 is 19.9 Å². The third kappa shape index (κ3) is 6.25. The van der Waals surface area contributed by atoms with Gasteiger partial charge in [0, 0.05) is 26.7 Å². The van der Waals surface area contributed by atoms with Crippen LogP contribution in [0.4, 0.5) is 24.0 Å². The molecule has 0 saturated carbocycles. The van der Waals surface area contributed by atoms with E-state index in [1.165, 1.54) is 23.5 Å². The predicted molar refractivity (Wildman–Crippen MR) is 131 cm³/mol. The third-order valence-corrected chi connectivity index (χ3v) is 6.83. The largest absolute Gasteiger partial charge is 0.490 e. The van der Waals surface area contributed by atoms with Crippen molar-refractivity contribution in [2.45, 2.75) is 25.6 Å². The van der Waals surface area contributed by atoms with Crippen LogP contribution in [0.3, 0.4) is 0 Å². The number of amides is 1. The summed E-state index contributed by atoms with van der Waals surface area (Å²) < 4.78 is 45.8. The second-order valence-corrected chi connectivity index (χ2v) is 9.23. The van der Waals surface area contributed by atoms with Gasteiger partial charge in [-0.3, -0.25) is 4.79 Å². The lowest BCUT2D eigenvalue weighted by atomic mass is 10.1. The molecule has 6 nitrogen and oxygen atoms in total. The van der Waals surface area contributed by atoms with E-state index < -0.39 is 11.7 Å². The van der Waals surface area contributed by atoms with Crippen molar-refractivity contribution in [1.82, 2.24) is 10.3 Å². The van der Waals surface area contributed by atoms with Crippen molar-refractivity contribution in [2.24, 2.45) is 0 Å². The summed E-state index contributed by atoms with van der Waals surface area (Å²) in [7, 11) is 1.59. The maximum atomic E-state index is 13.2. The van der Waals surface area contributed by atoms with E-state index in [-0.39, 0.29) is 5.91 Å². The van der Waals surface area contributed by atoms with Gasteiger partial charge in [0.15, 0.2) is 5.13 Å². The minimum Gasteiger partial charge on any atom is -0.490 e. The van der Waals surface area contributed by atoms with Crippen molar-refractivity contribution in [3.8, 4) is 5.75 Å². The number of hydrogen-bond donors (Lipinski definition) is 1. The Kier molecular flexibility index (Phi) is 7.80. The van der Waals surface area contributed by atoms with Gasteiger partial charge in [0.1, 0.15) is 17.2 Å². The lowest BCUT2D eigenvalue weighted by Crippen LogP contribution is -2.29. The smallest absolute Gasteiger partial charge is 0.416 e. The molecular formula is C25H27F3N4O2S. The standard InChI is InChI=1S/C25H27F3N4O2S/c1-29-23(33)22-16-30-24(35-22)31-11-4-5-12-32(20-9-2-3-10-21(20)34-14-13-31)17-18-7-6-8-19(15-18)25(26,27)28/h2-3,6-10,15-16H,4-5,11-14,17H2,1H3,(H,29,33). The average molecular weight is 505 g/mol. The van der Waals surface area contributed by atoms with E-state index in [9.17, 15) is 18.0 Å². The van der Waals surface area contributed by atoms with E-state index in [1.54, 1.807) is 19.3 Å². The first kappa shape index (κ1) is 24.8. The highest BCUT2D eigenvalue weighted by Crippen LogP contribution is 2.33. The zero-order valence-corrected chi connectivity index (χ0v) is 20.2. The molecule has 0 atom stereocenters. The van der Waals surface area contributed by atoms with Gasteiger partial charge in [-0.05, 0) is 42.7 Å². The molecule has 1 N–H and O–H groups in total. The summed E-state index contributed by atoms with van der Waals surface area (Å²) >= 11 is 1.34. The van der Waals surface area contributed by atoms with Crippen LogP contribution in [-0.4, -0.2) is 44.2 Å². The van der Waals surface area contributed by atoms with E-state index in [0.717, 1.165) is 36.3 Å². The minimum atomic E-state index is -4.38. The Balaban J connectivity index is 1.53. The van der Waals surface area contributed by atoms with E-state index in [0.29, 0.717) is 42.4 Å². The monoisotopic (exact) mass is 504 g/mol. The van der Waals surface area contributed by atoms with Crippen molar-refractivity contribution in [1.29, 1.82) is 0 Å². The van der Waals surface area contributed by atoms with Gasteiger partial charge in [0.2, 0.25) is 0 Å². The Bertz CT molecular complexity index is 1150. The van der Waals surface area contributed by atoms with Gasteiger partial charge in [0.05, 0.1) is 24.0 Å². The zero-order valence-electron chi connectivity index (χ0n) is 19.3. The summed E-state index contributed by atoms with van der Waals surface area (Å²) in [6.07, 6.45) is -1.11. The average Bonchev–Trinajstić information content (AvgIpc) is 3.33. The molecule has 1 aliphatic heterocycles. The summed E-state index contributed by atoms with van der Waals surface area (Å²) in [6, 6.07) is 13.1. The van der Waals surface area contributed by atoms with Crippen molar-refractivity contribution in [3.05, 3.63) is 70.7 Å². The van der Waals surface area contributed by atoms with Crippen molar-refractivity contribution >= 4 is 28.1 Å². The maximum Gasteiger partial charge on any atom is 0.416 e. The first-order valence-corrected chi connectivity index (χ1v) is 12.2. The number of carbonyl (C=O) groups excluding carboxylic acids is 1. The summed E-state index contributed by atoms with van der Waals surface area (Å²) in [6.45, 7) is 2.74. The van der Waals surface area contributed by atoms with Gasteiger partial charge in [-0.15, -0.1) is 0 Å². The predicted octanol–water partition coefficient (Wildman–Crippen LogP) is 5.21. The molecule has 0 unspecified atom stereocenters. The summed E-state index contributed by atoms with van der Waals surface area (Å²) in [5.74, 6) is 0.522. The molecule has 1 aliphatic rings. The van der Waals surface area contributed by atoms with Crippen LogP contribution in [0.15, 0.2) is 54.7 Å². The van der Waals surface area contributed by atoms with Gasteiger partial charge in [-0.25, -0.2) is 4.98 Å². The molecule has 10 heteroatoms. The van der Waals surface area contributed by atoms with Crippen molar-refractivity contribution in [2.75, 3.05) is 43.1 Å². The van der Waals surface area contributed by atoms with Gasteiger partial charge in [-0.1, -0.05) is 35.6 Å². The first-order chi connectivity index (χ1) is 16.8. The maximum absolute atomic E-state index is 13.2. The molecule has 186 valence electrons. The van der Waals surface area contributed by atoms with Gasteiger partial charge in [-0.2, -0.15) is 13.2 Å². The van der Waals surface area contributed by atoms with Gasteiger partial charge >= 0.3 is 6.18 Å². The third-order valence-electron chi connectivity index (χ3n) is 5.77. The van der Waals surface area contributed by atoms with E-state index in [2.05, 4.69) is 20.1 Å². The van der Waals surface area contributed by atoms with Crippen molar-refractivity contribution < 1.29 is 22.7 Å². The van der Waals surface area contributed by atoms with Crippen molar-refractivity contribution in [3.63, 3.8) is 0 Å². The Morgan fingerprint density at radius 1 is 1.11 bits per heavy atom. The minimum absolute atomic E-state index is 0.165. The second kappa shape index (κ2) is 11.0. The molecule has 2 aromatic carbocycles. The number of anilines is 2. The number of para-hydroxylation sites is 2. The lowest BCUT2D eigenvalue weighted by Gasteiger charge is -2.27. The topological polar surface area (TPSA) is 57.7 Å². The molecule has 0 fully saturated rings. The van der Waals surface area contributed by atoms with Crippen LogP contribution in [-0.2, 0) is 12.7 Å². The molecule has 0 spiro atoms. The SMILES string of the molecule is CNC(=O)c1cnc(N2CCCCN(Cc3cccc(C(F)(F)F)c3)c3ccccc3OCC2)s1. The van der Waals surface area contributed by atoms with E-state index in [1.807, 2.05) is 24.3 Å². The molecule has 1 amide bonds. The van der Waals surface area contributed by atoms with Crippen LogP contribution >= 0.6 is 11.3 Å². The fraction of sp³-hybridized carbons (Fsp3) is 0.360. The number of fused-ring (bicyclic) bond motifs is 1. The van der Waals surface area contributed by atoms with Crippen LogP contribution in [0, 0.1) is 0 Å². The zero-order chi connectivity index (χ0) is 24.8. The Labute approximate surface area is 206 Å². The first-order valence-electron chi connectivity index (χ1n) is 11.4. The molecule has 2 heterocycles. The molecule has 4 rings (SSSR count). The van der Waals surface area contributed by atoms with Crippen LogP contribution in [0.25, 0.3) is 0 Å². The van der Waals surface area contributed by atoms with E-state index in [4.69, 9.17) is 4.74 Å². The molecule has 0 radical (unpaired) electrons. The number of thiazole rings is 1. The Hall–Kier alpha value is -3.27. The number of ether oxygens (including phenoxy) is 1. The molecular weight excluding hydrogens is 477 g/mol. The fourth-order valence-corrected chi connectivity index (χ4v) is 4.92. The normalized spacial score (nSPS) is 15.1. The van der Waals surface area contributed by atoms with Gasteiger partial charge in [0.25, 0.3) is 5.91 Å². The number of hydrogen-bond acceptors (Lipinski definition) is 6. The number of nitrogens with one attached hydrogen (secondary N) is 1. The molecule has 3 aromatic rings. The highest BCUT2D eigenvalue weighted by atomic mass is 32.1. The number of carbonyl (C=O) groups is 1. The molecule has 0 aliphatic carbocycles. The summed E-state index contributed by atoms with van der Waals surface area (Å²) in [5, 5.41) is 3.38. The van der Waals surface area contributed by atoms with E-state index >= 15 is 0 Å². The van der Waals surface area contributed by atoms with Crippen LogP contribution in [0.5, 0.6) is 5.75 Å². The summed E-state index contributed by atoms with van der Waals surface area (Å²) in [4.78, 5) is 21.1. The number of halogens is 3. The number of benzene rings is 2. The highest BCUT2D eigenvalue weighted by molar-refractivity contribution is 7.17. The number of rotatable bonds is 4. The van der Waals surface area contributed by atoms with Crippen LogP contribution in [0.1, 0.15) is 33.6 Å². The molecule has 35 heavy (non-hydrogen) atoms. The highest BCUT2D eigenvalue weighted by Gasteiger charge is 2.30. The quantitative estimate of drug-likeness (QED) is 0.529. The van der Waals surface area contributed by atoms with Gasteiger partial charge < -0.3 is 19.9 Å². The number of alkyl halides is 3. The number of aromatic nitrogens is 1. The summed E-state index contributed by atoms with van der Waals surface area (Å²) in [5.41, 5.74) is 0.803. The fourth-order valence-electron chi connectivity index (χ4n) is 4.01. The lowest BCUT2D eigenvalue weighted by molar-refractivity contribution is -0.137. The van der Waals surface area contributed by atoms with Crippen LogP contribution in [0.2, 0.25) is 0 Å². The molecule has 1 aromatic heterocycles. The second-order valence-electron chi connectivity index (χ2n) is 8.22. The Morgan fingerprint density at radius 3 is 2.71 bits per heavy atom. The number of nitrogens with zero attached hydrogens (tertiary/aromatic N) is 3. The molecule has 0 bridgehead atoms. The Morgan fingerprint density at radius 2 is 1.91 bits per heavy atom. The molecule has 0 saturated heterocycles.